The third-order valence-electron chi connectivity index (χ3n) is 4.11. The molecule has 2 amide bonds. The molecular formula is C19H16N6O2S3. The largest absolute Gasteiger partial charge is 0.332 e. The summed E-state index contributed by atoms with van der Waals surface area (Å²) in [5.74, 6) is -0.382. The van der Waals surface area contributed by atoms with Gasteiger partial charge in [-0.15, -0.1) is 0 Å². The molecule has 0 saturated heterocycles. The second-order valence-electron chi connectivity index (χ2n) is 6.38. The first-order valence-corrected chi connectivity index (χ1v) is 11.0. The zero-order valence-electron chi connectivity index (χ0n) is 15.8. The van der Waals surface area contributed by atoms with E-state index in [1.54, 1.807) is 18.2 Å². The minimum Gasteiger partial charge on any atom is -0.332 e. The number of nitrogens with one attached hydrogen (secondary N) is 3. The summed E-state index contributed by atoms with van der Waals surface area (Å²) in [7, 11) is 0. The summed E-state index contributed by atoms with van der Waals surface area (Å²) in [6.07, 6.45) is 1.24. The fourth-order valence-electron chi connectivity index (χ4n) is 2.73. The molecular weight excluding hydrogens is 440 g/mol. The van der Waals surface area contributed by atoms with Gasteiger partial charge in [-0.3, -0.25) is 14.9 Å². The Hall–Kier alpha value is -3.02. The summed E-state index contributed by atoms with van der Waals surface area (Å²) in [4.78, 5) is 28.6. The molecule has 2 heterocycles. The summed E-state index contributed by atoms with van der Waals surface area (Å²) in [5, 5.41) is 9.20. The number of nitrogens with zero attached hydrogens (tertiary/aromatic N) is 3. The van der Waals surface area contributed by atoms with Crippen LogP contribution in [0.15, 0.2) is 36.4 Å². The van der Waals surface area contributed by atoms with E-state index in [1.165, 1.54) is 11.3 Å². The van der Waals surface area contributed by atoms with Crippen molar-refractivity contribution >= 4 is 84.3 Å². The number of thiocarbonyl (C=S) groups is 1. The summed E-state index contributed by atoms with van der Waals surface area (Å²) >= 11 is 7.75. The van der Waals surface area contributed by atoms with Crippen LogP contribution >= 0.6 is 35.3 Å². The van der Waals surface area contributed by atoms with E-state index in [1.807, 2.05) is 25.1 Å². The molecule has 0 aliphatic heterocycles. The average molecular weight is 457 g/mol. The van der Waals surface area contributed by atoms with Crippen molar-refractivity contribution in [3.63, 3.8) is 0 Å². The number of benzene rings is 2. The van der Waals surface area contributed by atoms with E-state index in [0.29, 0.717) is 28.3 Å². The molecule has 2 aromatic heterocycles. The van der Waals surface area contributed by atoms with Crippen molar-refractivity contribution in [2.75, 3.05) is 10.6 Å². The van der Waals surface area contributed by atoms with E-state index in [2.05, 4.69) is 29.7 Å². The van der Waals surface area contributed by atoms with Crippen LogP contribution in [0, 0.1) is 0 Å². The van der Waals surface area contributed by atoms with E-state index < -0.39 is 0 Å². The van der Waals surface area contributed by atoms with Crippen LogP contribution in [0.4, 0.5) is 10.8 Å². The second kappa shape index (κ2) is 8.78. The number of aromatic nitrogens is 3. The zero-order chi connectivity index (χ0) is 21.1. The lowest BCUT2D eigenvalue weighted by molar-refractivity contribution is -0.116. The number of hydrogen-bond acceptors (Lipinski definition) is 8. The lowest BCUT2D eigenvalue weighted by Gasteiger charge is -2.09. The van der Waals surface area contributed by atoms with Crippen LogP contribution in [0.25, 0.3) is 21.3 Å². The Labute approximate surface area is 185 Å². The highest BCUT2D eigenvalue weighted by molar-refractivity contribution is 7.80. The molecule has 3 N–H and O–H groups in total. The maximum Gasteiger partial charge on any atom is 0.257 e. The predicted octanol–water partition coefficient (Wildman–Crippen LogP) is 4.17. The minimum atomic E-state index is -0.331. The highest BCUT2D eigenvalue weighted by Gasteiger charge is 2.12. The number of hydrogen-bond donors (Lipinski definition) is 3. The predicted molar refractivity (Wildman–Crippen MR) is 124 cm³/mol. The van der Waals surface area contributed by atoms with Gasteiger partial charge in [0, 0.05) is 17.7 Å². The van der Waals surface area contributed by atoms with Crippen molar-refractivity contribution in [2.24, 2.45) is 0 Å². The third kappa shape index (κ3) is 4.58. The van der Waals surface area contributed by atoms with E-state index >= 15 is 0 Å². The molecule has 4 rings (SSSR count). The lowest BCUT2D eigenvalue weighted by Crippen LogP contribution is -2.34. The molecule has 30 heavy (non-hydrogen) atoms. The summed E-state index contributed by atoms with van der Waals surface area (Å²) in [6.45, 7) is 1.95. The monoisotopic (exact) mass is 456 g/mol. The molecule has 0 aliphatic rings. The molecule has 2 aromatic carbocycles. The highest BCUT2D eigenvalue weighted by Crippen LogP contribution is 2.28. The van der Waals surface area contributed by atoms with Gasteiger partial charge in [0.05, 0.1) is 21.9 Å². The van der Waals surface area contributed by atoms with E-state index in [-0.39, 0.29) is 16.9 Å². The van der Waals surface area contributed by atoms with Gasteiger partial charge in [-0.2, -0.15) is 8.75 Å². The smallest absolute Gasteiger partial charge is 0.257 e. The number of anilines is 2. The first kappa shape index (κ1) is 20.3. The van der Waals surface area contributed by atoms with Crippen molar-refractivity contribution in [3.05, 3.63) is 42.0 Å². The van der Waals surface area contributed by atoms with Crippen LogP contribution in [0.5, 0.6) is 0 Å². The van der Waals surface area contributed by atoms with Crippen LogP contribution in [-0.2, 0) is 4.79 Å². The maximum atomic E-state index is 12.5. The Bertz CT molecular complexity index is 1270. The fourth-order valence-corrected chi connectivity index (χ4v) is 4.37. The van der Waals surface area contributed by atoms with Gasteiger partial charge in [0.1, 0.15) is 11.0 Å². The molecule has 0 spiro atoms. The Balaban J connectivity index is 1.41. The van der Waals surface area contributed by atoms with Crippen LogP contribution in [0.1, 0.15) is 30.1 Å². The van der Waals surface area contributed by atoms with Gasteiger partial charge in [0.15, 0.2) is 10.2 Å². The Morgan fingerprint density at radius 2 is 1.83 bits per heavy atom. The summed E-state index contributed by atoms with van der Waals surface area (Å²) < 4.78 is 9.15. The normalized spacial score (nSPS) is 10.8. The van der Waals surface area contributed by atoms with Gasteiger partial charge >= 0.3 is 0 Å². The quantitative estimate of drug-likeness (QED) is 0.387. The molecule has 0 saturated carbocycles. The van der Waals surface area contributed by atoms with Gasteiger partial charge in [-0.1, -0.05) is 18.3 Å². The fraction of sp³-hybridized carbons (Fsp3) is 0.158. The van der Waals surface area contributed by atoms with E-state index in [9.17, 15) is 9.59 Å². The second-order valence-corrected chi connectivity index (χ2v) is 8.34. The first-order valence-electron chi connectivity index (χ1n) is 9.07. The molecule has 0 atom stereocenters. The van der Waals surface area contributed by atoms with Crippen molar-refractivity contribution < 1.29 is 9.59 Å². The maximum absolute atomic E-state index is 12.5. The number of carbonyl (C=O) groups excluding carboxylic acids is 2. The molecule has 0 bridgehead atoms. The van der Waals surface area contributed by atoms with Crippen molar-refractivity contribution in [3.8, 4) is 0 Å². The van der Waals surface area contributed by atoms with Crippen LogP contribution in [-0.4, -0.2) is 30.7 Å². The molecule has 0 aliphatic carbocycles. The van der Waals surface area contributed by atoms with Crippen molar-refractivity contribution in [2.45, 2.75) is 19.8 Å². The van der Waals surface area contributed by atoms with Gasteiger partial charge < -0.3 is 10.6 Å². The number of amides is 2. The molecule has 11 heteroatoms. The molecule has 8 nitrogen and oxygen atoms in total. The van der Waals surface area contributed by atoms with Crippen molar-refractivity contribution in [1.82, 2.24) is 19.0 Å². The van der Waals surface area contributed by atoms with Crippen LogP contribution in [0.3, 0.4) is 0 Å². The Morgan fingerprint density at radius 3 is 2.67 bits per heavy atom. The standard InChI is InChI=1S/C19H16N6O2S3/c1-2-3-16(26)22-19-21-13-7-5-11(9-15(13)29-19)20-18(28)23-17(27)10-4-6-12-14(8-10)25-30-24-12/h4-9H,2-3H2,1H3,(H,21,22,26)(H2,20,23,27,28). The number of carbonyl (C=O) groups is 2. The topological polar surface area (TPSA) is 109 Å². The average Bonchev–Trinajstić information content (AvgIpc) is 3.33. The zero-order valence-corrected chi connectivity index (χ0v) is 18.2. The summed E-state index contributed by atoms with van der Waals surface area (Å²) in [6, 6.07) is 10.6. The van der Waals surface area contributed by atoms with Gasteiger partial charge in [0.2, 0.25) is 5.91 Å². The molecule has 152 valence electrons. The van der Waals surface area contributed by atoms with E-state index in [4.69, 9.17) is 12.2 Å². The third-order valence-corrected chi connectivity index (χ3v) is 5.81. The van der Waals surface area contributed by atoms with Crippen LogP contribution in [0.2, 0.25) is 0 Å². The van der Waals surface area contributed by atoms with Gasteiger partial charge in [-0.05, 0) is 55.0 Å². The molecule has 0 radical (unpaired) electrons. The number of rotatable bonds is 5. The van der Waals surface area contributed by atoms with Crippen LogP contribution < -0.4 is 16.0 Å². The minimum absolute atomic E-state index is 0.0505. The Kier molecular flexibility index (Phi) is 5.93. The first-order chi connectivity index (χ1) is 14.5. The lowest BCUT2D eigenvalue weighted by atomic mass is 10.2. The molecule has 0 unspecified atom stereocenters. The van der Waals surface area contributed by atoms with Crippen molar-refractivity contribution in [1.29, 1.82) is 0 Å². The highest BCUT2D eigenvalue weighted by atomic mass is 32.1. The molecule has 0 fully saturated rings. The number of fused-ring (bicyclic) bond motifs is 2. The number of thiazole rings is 1. The van der Waals surface area contributed by atoms with E-state index in [0.717, 1.165) is 33.9 Å². The van der Waals surface area contributed by atoms with Gasteiger partial charge in [-0.25, -0.2) is 4.98 Å². The summed E-state index contributed by atoms with van der Waals surface area (Å²) in [5.41, 5.74) is 3.36. The SMILES string of the molecule is CCCC(=O)Nc1nc2ccc(NC(=S)NC(=O)c3ccc4nsnc4c3)cc2s1. The van der Waals surface area contributed by atoms with Gasteiger partial charge in [0.25, 0.3) is 5.91 Å². The molecule has 4 aromatic rings. The Morgan fingerprint density at radius 1 is 1.03 bits per heavy atom.